The van der Waals surface area contributed by atoms with Gasteiger partial charge in [-0.15, -0.1) is 0 Å². The number of amides is 2. The molecule has 1 atom stereocenters. The zero-order valence-corrected chi connectivity index (χ0v) is 14.3. The number of aryl methyl sites for hydroxylation is 1. The maximum Gasteiger partial charge on any atom is 0.241 e. The summed E-state index contributed by atoms with van der Waals surface area (Å²) in [6.45, 7) is 1.43. The van der Waals surface area contributed by atoms with Crippen LogP contribution in [0.3, 0.4) is 0 Å². The summed E-state index contributed by atoms with van der Waals surface area (Å²) in [6, 6.07) is 3.22. The Kier molecular flexibility index (Phi) is 5.55. The first-order valence-electron chi connectivity index (χ1n) is 7.48. The van der Waals surface area contributed by atoms with Gasteiger partial charge in [-0.25, -0.2) is 17.5 Å². The Morgan fingerprint density at radius 1 is 1.42 bits per heavy atom. The molecule has 1 aromatic carbocycles. The van der Waals surface area contributed by atoms with Gasteiger partial charge in [-0.3, -0.25) is 9.59 Å². The zero-order valence-electron chi connectivity index (χ0n) is 13.5. The van der Waals surface area contributed by atoms with E-state index in [-0.39, 0.29) is 22.4 Å². The van der Waals surface area contributed by atoms with E-state index in [1.54, 1.807) is 7.05 Å². The third-order valence-electron chi connectivity index (χ3n) is 3.85. The van der Waals surface area contributed by atoms with Crippen LogP contribution < -0.4 is 10.0 Å². The number of carbonyl (C=O) groups is 2. The lowest BCUT2D eigenvalue weighted by molar-refractivity contribution is -0.133. The lowest BCUT2D eigenvalue weighted by Crippen LogP contribution is -2.50. The minimum Gasteiger partial charge on any atom is -0.350 e. The van der Waals surface area contributed by atoms with E-state index in [1.165, 1.54) is 17.9 Å². The van der Waals surface area contributed by atoms with E-state index in [0.717, 1.165) is 12.1 Å². The van der Waals surface area contributed by atoms with E-state index in [9.17, 15) is 22.4 Å². The van der Waals surface area contributed by atoms with E-state index in [1.807, 2.05) is 0 Å². The number of benzene rings is 1. The molecule has 0 bridgehead atoms. The molecule has 1 fully saturated rings. The summed E-state index contributed by atoms with van der Waals surface area (Å²) in [5.74, 6) is -0.958. The van der Waals surface area contributed by atoms with Crippen molar-refractivity contribution in [3.05, 3.63) is 29.6 Å². The number of halogens is 1. The number of hydrogen-bond acceptors (Lipinski definition) is 4. The Labute approximate surface area is 140 Å². The van der Waals surface area contributed by atoms with Crippen LogP contribution in [0, 0.1) is 12.7 Å². The van der Waals surface area contributed by atoms with Crippen molar-refractivity contribution in [1.82, 2.24) is 14.9 Å². The normalized spacial score (nSPS) is 18.5. The molecule has 0 saturated carbocycles. The van der Waals surface area contributed by atoms with Crippen LogP contribution in [0.4, 0.5) is 4.39 Å². The van der Waals surface area contributed by atoms with Gasteiger partial charge in [0, 0.05) is 26.1 Å². The second kappa shape index (κ2) is 7.27. The predicted molar refractivity (Wildman–Crippen MR) is 85.1 cm³/mol. The van der Waals surface area contributed by atoms with Gasteiger partial charge in [0.05, 0.1) is 11.4 Å². The number of hydrogen-bond donors (Lipinski definition) is 2. The topological polar surface area (TPSA) is 95.6 Å². The van der Waals surface area contributed by atoms with Crippen LogP contribution in [-0.4, -0.2) is 51.3 Å². The average molecular weight is 357 g/mol. The minimum absolute atomic E-state index is 0.0212. The van der Waals surface area contributed by atoms with Crippen LogP contribution in [0.5, 0.6) is 0 Å². The van der Waals surface area contributed by atoms with Crippen LogP contribution >= 0.6 is 0 Å². The molecule has 7 nitrogen and oxygen atoms in total. The van der Waals surface area contributed by atoms with Gasteiger partial charge in [-0.2, -0.15) is 0 Å². The molecule has 0 spiro atoms. The number of sulfonamides is 1. The minimum atomic E-state index is -3.90. The van der Waals surface area contributed by atoms with E-state index < -0.39 is 28.3 Å². The maximum absolute atomic E-state index is 13.2. The molecular weight excluding hydrogens is 337 g/mol. The van der Waals surface area contributed by atoms with Crippen LogP contribution in [0.15, 0.2) is 23.1 Å². The van der Waals surface area contributed by atoms with Crippen molar-refractivity contribution in [2.24, 2.45) is 0 Å². The molecule has 1 saturated heterocycles. The molecule has 9 heteroatoms. The average Bonchev–Trinajstić information content (AvgIpc) is 2.52. The molecule has 1 aliphatic heterocycles. The number of carbonyl (C=O) groups excluding carboxylic acids is 2. The monoisotopic (exact) mass is 357 g/mol. The van der Waals surface area contributed by atoms with Crippen molar-refractivity contribution in [2.75, 3.05) is 20.1 Å². The van der Waals surface area contributed by atoms with Gasteiger partial charge < -0.3 is 10.2 Å². The van der Waals surface area contributed by atoms with E-state index >= 15 is 0 Å². The highest BCUT2D eigenvalue weighted by atomic mass is 32.2. The summed E-state index contributed by atoms with van der Waals surface area (Å²) in [5, 5.41) is 2.69. The lowest BCUT2D eigenvalue weighted by atomic mass is 10.1. The molecule has 2 amide bonds. The summed E-state index contributed by atoms with van der Waals surface area (Å²) in [5.41, 5.74) is 0.206. The summed E-state index contributed by atoms with van der Waals surface area (Å²) >= 11 is 0. The highest BCUT2D eigenvalue weighted by Gasteiger charge is 2.24. The van der Waals surface area contributed by atoms with Crippen molar-refractivity contribution >= 4 is 21.8 Å². The molecule has 132 valence electrons. The van der Waals surface area contributed by atoms with Gasteiger partial charge in [0.25, 0.3) is 0 Å². The Morgan fingerprint density at radius 3 is 2.75 bits per heavy atom. The first-order valence-corrected chi connectivity index (χ1v) is 8.96. The second-order valence-corrected chi connectivity index (χ2v) is 7.58. The summed E-state index contributed by atoms with van der Waals surface area (Å²) in [6.07, 6.45) is 0.876. The Morgan fingerprint density at radius 2 is 2.12 bits per heavy atom. The summed E-state index contributed by atoms with van der Waals surface area (Å²) in [4.78, 5) is 24.7. The molecule has 1 aliphatic rings. The van der Waals surface area contributed by atoms with E-state index in [4.69, 9.17) is 0 Å². The van der Waals surface area contributed by atoms with Crippen molar-refractivity contribution < 1.29 is 22.4 Å². The SMILES string of the molecule is Cc1cc(S(=O)(=O)NCC(=O)NC2CCC(=O)N(C)C2)ccc1F. The highest BCUT2D eigenvalue weighted by molar-refractivity contribution is 7.89. The van der Waals surface area contributed by atoms with Crippen LogP contribution in [0.1, 0.15) is 18.4 Å². The molecule has 1 unspecified atom stereocenters. The molecule has 0 aromatic heterocycles. The fourth-order valence-corrected chi connectivity index (χ4v) is 3.50. The Hall–Kier alpha value is -2.00. The molecule has 1 aromatic rings. The fraction of sp³-hybridized carbons (Fsp3) is 0.467. The zero-order chi connectivity index (χ0) is 17.9. The number of likely N-dealkylation sites (tertiary alicyclic amines) is 1. The lowest BCUT2D eigenvalue weighted by Gasteiger charge is -2.30. The van der Waals surface area contributed by atoms with Crippen molar-refractivity contribution in [3.8, 4) is 0 Å². The van der Waals surface area contributed by atoms with E-state index in [0.29, 0.717) is 19.4 Å². The number of nitrogens with one attached hydrogen (secondary N) is 2. The van der Waals surface area contributed by atoms with Crippen LogP contribution in [0.25, 0.3) is 0 Å². The molecule has 2 rings (SSSR count). The Bertz CT molecular complexity index is 751. The van der Waals surface area contributed by atoms with Crippen LogP contribution in [0.2, 0.25) is 0 Å². The molecule has 24 heavy (non-hydrogen) atoms. The van der Waals surface area contributed by atoms with Gasteiger partial charge in [0.2, 0.25) is 21.8 Å². The number of nitrogens with zero attached hydrogens (tertiary/aromatic N) is 1. The van der Waals surface area contributed by atoms with Gasteiger partial charge >= 0.3 is 0 Å². The number of likely N-dealkylation sites (N-methyl/N-ethyl adjacent to an activating group) is 1. The standard InChI is InChI=1S/C15H20FN3O4S/c1-10-7-12(4-5-13(10)16)24(22,23)17-8-14(20)18-11-3-6-15(21)19(2)9-11/h4-5,7,11,17H,3,6,8-9H2,1-2H3,(H,18,20). The first-order chi connectivity index (χ1) is 11.2. The number of piperidine rings is 1. The third kappa shape index (κ3) is 4.51. The largest absolute Gasteiger partial charge is 0.350 e. The summed E-state index contributed by atoms with van der Waals surface area (Å²) in [7, 11) is -2.24. The summed E-state index contributed by atoms with van der Waals surface area (Å²) < 4.78 is 39.6. The van der Waals surface area contributed by atoms with E-state index in [2.05, 4.69) is 10.0 Å². The molecular formula is C15H20FN3O4S. The quantitative estimate of drug-likeness (QED) is 0.784. The van der Waals surface area contributed by atoms with Crippen molar-refractivity contribution in [3.63, 3.8) is 0 Å². The highest BCUT2D eigenvalue weighted by Crippen LogP contribution is 2.14. The maximum atomic E-state index is 13.2. The van der Waals surface area contributed by atoms with Gasteiger partial charge in [-0.1, -0.05) is 0 Å². The van der Waals surface area contributed by atoms with Gasteiger partial charge in [-0.05, 0) is 37.1 Å². The molecule has 0 radical (unpaired) electrons. The van der Waals surface area contributed by atoms with Gasteiger partial charge in [0.15, 0.2) is 0 Å². The molecule has 1 heterocycles. The molecule has 0 aliphatic carbocycles. The van der Waals surface area contributed by atoms with Gasteiger partial charge in [0.1, 0.15) is 5.82 Å². The smallest absolute Gasteiger partial charge is 0.241 e. The van der Waals surface area contributed by atoms with Crippen molar-refractivity contribution in [2.45, 2.75) is 30.7 Å². The molecule has 2 N–H and O–H groups in total. The van der Waals surface area contributed by atoms with Crippen molar-refractivity contribution in [1.29, 1.82) is 0 Å². The van der Waals surface area contributed by atoms with Crippen LogP contribution in [-0.2, 0) is 19.6 Å². The third-order valence-corrected chi connectivity index (χ3v) is 5.25. The fourth-order valence-electron chi connectivity index (χ4n) is 2.44. The predicted octanol–water partition coefficient (Wildman–Crippen LogP) is 0.149. The Balaban J connectivity index is 1.90. The number of rotatable bonds is 5. The second-order valence-electron chi connectivity index (χ2n) is 5.81. The first kappa shape index (κ1) is 18.3.